The van der Waals surface area contributed by atoms with Crippen LogP contribution in [0.2, 0.25) is 0 Å². The predicted octanol–water partition coefficient (Wildman–Crippen LogP) is 3.59. The molecule has 1 saturated heterocycles. The SMILES string of the molecule is CCc1ccc(CNC(=O)c2cc(=O)[nH]c3ccc(S(=O)(=O)N4CCCCCC4)cc23)cc1. The van der Waals surface area contributed by atoms with Gasteiger partial charge in [-0.25, -0.2) is 8.42 Å². The van der Waals surface area contributed by atoms with Crippen molar-refractivity contribution in [2.24, 2.45) is 0 Å². The van der Waals surface area contributed by atoms with E-state index >= 15 is 0 Å². The highest BCUT2D eigenvalue weighted by Gasteiger charge is 2.26. The maximum Gasteiger partial charge on any atom is 0.252 e. The van der Waals surface area contributed by atoms with Gasteiger partial charge in [-0.1, -0.05) is 44.0 Å². The molecule has 2 N–H and O–H groups in total. The number of aromatic amines is 1. The minimum absolute atomic E-state index is 0.133. The minimum Gasteiger partial charge on any atom is -0.348 e. The summed E-state index contributed by atoms with van der Waals surface area (Å²) in [6.45, 7) is 3.38. The van der Waals surface area contributed by atoms with Crippen molar-refractivity contribution in [3.05, 3.63) is 75.6 Å². The van der Waals surface area contributed by atoms with E-state index in [9.17, 15) is 18.0 Å². The Balaban J connectivity index is 1.64. The zero-order chi connectivity index (χ0) is 23.4. The van der Waals surface area contributed by atoms with E-state index in [1.807, 2.05) is 24.3 Å². The van der Waals surface area contributed by atoms with Crippen LogP contribution in [0.4, 0.5) is 0 Å². The highest BCUT2D eigenvalue weighted by molar-refractivity contribution is 7.89. The third-order valence-electron chi connectivity index (χ3n) is 6.15. The van der Waals surface area contributed by atoms with Gasteiger partial charge in [0.25, 0.3) is 5.91 Å². The number of rotatable bonds is 6. The zero-order valence-corrected chi connectivity index (χ0v) is 19.6. The Labute approximate surface area is 193 Å². The molecule has 0 spiro atoms. The second kappa shape index (κ2) is 9.89. The van der Waals surface area contributed by atoms with Crippen molar-refractivity contribution < 1.29 is 13.2 Å². The van der Waals surface area contributed by atoms with Crippen molar-refractivity contribution in [2.75, 3.05) is 13.1 Å². The molecule has 1 amide bonds. The van der Waals surface area contributed by atoms with Crippen molar-refractivity contribution in [1.82, 2.24) is 14.6 Å². The quantitative estimate of drug-likeness (QED) is 0.579. The van der Waals surface area contributed by atoms with Crippen LogP contribution in [0.3, 0.4) is 0 Å². The van der Waals surface area contributed by atoms with Crippen LogP contribution in [0.15, 0.2) is 58.2 Å². The average Bonchev–Trinajstić information content (AvgIpc) is 3.12. The van der Waals surface area contributed by atoms with Gasteiger partial charge in [0.15, 0.2) is 0 Å². The molecule has 0 saturated carbocycles. The second-order valence-electron chi connectivity index (χ2n) is 8.43. The number of pyridine rings is 1. The molecular weight excluding hydrogens is 438 g/mol. The molecule has 2 aromatic carbocycles. The summed E-state index contributed by atoms with van der Waals surface area (Å²) in [5.74, 6) is -0.421. The van der Waals surface area contributed by atoms with Crippen molar-refractivity contribution in [3.63, 3.8) is 0 Å². The number of aromatic nitrogens is 1. The summed E-state index contributed by atoms with van der Waals surface area (Å²) in [6.07, 6.45) is 4.67. The molecule has 33 heavy (non-hydrogen) atoms. The van der Waals surface area contributed by atoms with E-state index in [1.54, 1.807) is 6.07 Å². The first kappa shape index (κ1) is 23.2. The number of sulfonamides is 1. The van der Waals surface area contributed by atoms with Crippen LogP contribution in [0.25, 0.3) is 10.9 Å². The van der Waals surface area contributed by atoms with Crippen molar-refractivity contribution in [3.8, 4) is 0 Å². The molecule has 4 rings (SSSR count). The summed E-state index contributed by atoms with van der Waals surface area (Å²) in [4.78, 5) is 28.0. The maximum atomic E-state index is 13.2. The van der Waals surface area contributed by atoms with E-state index in [0.29, 0.717) is 30.5 Å². The number of H-pyrrole nitrogens is 1. The summed E-state index contributed by atoms with van der Waals surface area (Å²) >= 11 is 0. The number of nitrogens with zero attached hydrogens (tertiary/aromatic N) is 1. The summed E-state index contributed by atoms with van der Waals surface area (Å²) < 4.78 is 28.0. The van der Waals surface area contributed by atoms with Crippen LogP contribution in [-0.4, -0.2) is 36.7 Å². The summed E-state index contributed by atoms with van der Waals surface area (Å²) in [6, 6.07) is 13.7. The smallest absolute Gasteiger partial charge is 0.252 e. The van der Waals surface area contributed by atoms with Gasteiger partial charge in [-0.2, -0.15) is 4.31 Å². The Kier molecular flexibility index (Phi) is 6.95. The van der Waals surface area contributed by atoms with Crippen LogP contribution in [-0.2, 0) is 23.0 Å². The maximum absolute atomic E-state index is 13.2. The number of hydrogen-bond donors (Lipinski definition) is 2. The van der Waals surface area contributed by atoms with Gasteiger partial charge in [0.05, 0.1) is 10.5 Å². The lowest BCUT2D eigenvalue weighted by Gasteiger charge is -2.20. The normalized spacial score (nSPS) is 15.3. The molecule has 1 aliphatic rings. The third kappa shape index (κ3) is 5.17. The number of amides is 1. The molecule has 1 aromatic heterocycles. The highest BCUT2D eigenvalue weighted by atomic mass is 32.2. The fourth-order valence-electron chi connectivity index (χ4n) is 4.18. The fourth-order valence-corrected chi connectivity index (χ4v) is 5.73. The third-order valence-corrected chi connectivity index (χ3v) is 8.04. The lowest BCUT2D eigenvalue weighted by Crippen LogP contribution is -2.32. The first-order chi connectivity index (χ1) is 15.9. The Bertz CT molecular complexity index is 1310. The van der Waals surface area contributed by atoms with Crippen molar-refractivity contribution in [2.45, 2.75) is 50.5 Å². The Morgan fingerprint density at radius 2 is 1.64 bits per heavy atom. The minimum atomic E-state index is -3.68. The predicted molar refractivity (Wildman–Crippen MR) is 129 cm³/mol. The molecule has 0 bridgehead atoms. The molecule has 0 atom stereocenters. The van der Waals surface area contributed by atoms with E-state index < -0.39 is 21.5 Å². The number of hydrogen-bond acceptors (Lipinski definition) is 4. The van der Waals surface area contributed by atoms with E-state index in [-0.39, 0.29) is 10.5 Å². The molecule has 1 fully saturated rings. The molecular formula is C25H29N3O4S. The molecule has 3 aromatic rings. The van der Waals surface area contributed by atoms with Gasteiger partial charge in [-0.05, 0) is 48.6 Å². The molecule has 0 unspecified atom stereocenters. The zero-order valence-electron chi connectivity index (χ0n) is 18.8. The fraction of sp³-hybridized carbons (Fsp3) is 0.360. The monoisotopic (exact) mass is 467 g/mol. The van der Waals surface area contributed by atoms with Crippen LogP contribution < -0.4 is 10.9 Å². The van der Waals surface area contributed by atoms with Gasteiger partial charge in [-0.3, -0.25) is 9.59 Å². The molecule has 174 valence electrons. The second-order valence-corrected chi connectivity index (χ2v) is 10.4. The molecule has 8 heteroatoms. The lowest BCUT2D eigenvalue weighted by molar-refractivity contribution is 0.0952. The van der Waals surface area contributed by atoms with Gasteiger partial charge in [0.2, 0.25) is 15.6 Å². The standard InChI is InChI=1S/C25H29N3O4S/c1-2-18-7-9-19(10-8-18)17-26-25(30)22-16-24(29)27-23-12-11-20(15-21(22)23)33(31,32)28-13-5-3-4-6-14-28/h7-12,15-16H,2-6,13-14,17H2,1H3,(H,26,30)(H,27,29). The summed E-state index contributed by atoms with van der Waals surface area (Å²) in [7, 11) is -3.68. The number of fused-ring (bicyclic) bond motifs is 1. The number of carbonyl (C=O) groups excluding carboxylic acids is 1. The van der Waals surface area contributed by atoms with Crippen molar-refractivity contribution >= 4 is 26.8 Å². The number of benzene rings is 2. The van der Waals surface area contributed by atoms with Gasteiger partial charge in [0.1, 0.15) is 0 Å². The number of carbonyl (C=O) groups is 1. The first-order valence-corrected chi connectivity index (χ1v) is 12.9. The first-order valence-electron chi connectivity index (χ1n) is 11.4. The molecule has 7 nitrogen and oxygen atoms in total. The summed E-state index contributed by atoms with van der Waals surface area (Å²) in [5.41, 5.74) is 2.33. The number of aryl methyl sites for hydroxylation is 1. The van der Waals surface area contributed by atoms with E-state index in [2.05, 4.69) is 17.2 Å². The van der Waals surface area contributed by atoms with Crippen LogP contribution in [0.1, 0.15) is 54.1 Å². The van der Waals surface area contributed by atoms with Gasteiger partial charge >= 0.3 is 0 Å². The van der Waals surface area contributed by atoms with Gasteiger partial charge in [-0.15, -0.1) is 0 Å². The summed E-state index contributed by atoms with van der Waals surface area (Å²) in [5, 5.41) is 3.26. The van der Waals surface area contributed by atoms with Crippen molar-refractivity contribution in [1.29, 1.82) is 0 Å². The Hall–Kier alpha value is -2.97. The lowest BCUT2D eigenvalue weighted by atomic mass is 10.1. The molecule has 2 heterocycles. The Morgan fingerprint density at radius 3 is 2.30 bits per heavy atom. The van der Waals surface area contributed by atoms with Crippen LogP contribution in [0, 0.1) is 0 Å². The molecule has 0 aliphatic carbocycles. The van der Waals surface area contributed by atoms with Gasteiger partial charge < -0.3 is 10.3 Å². The molecule has 1 aliphatic heterocycles. The number of nitrogens with one attached hydrogen (secondary N) is 2. The largest absolute Gasteiger partial charge is 0.348 e. The van der Waals surface area contributed by atoms with Gasteiger partial charge in [0, 0.05) is 36.6 Å². The van der Waals surface area contributed by atoms with E-state index in [4.69, 9.17) is 0 Å². The topological polar surface area (TPSA) is 99.3 Å². The Morgan fingerprint density at radius 1 is 0.970 bits per heavy atom. The highest BCUT2D eigenvalue weighted by Crippen LogP contribution is 2.25. The van der Waals surface area contributed by atoms with Crippen LogP contribution in [0.5, 0.6) is 0 Å². The average molecular weight is 468 g/mol. The van der Waals surface area contributed by atoms with Crippen LogP contribution >= 0.6 is 0 Å². The molecule has 0 radical (unpaired) electrons. The van der Waals surface area contributed by atoms with E-state index in [1.165, 1.54) is 28.1 Å². The van der Waals surface area contributed by atoms with E-state index in [0.717, 1.165) is 37.7 Å².